The predicted octanol–water partition coefficient (Wildman–Crippen LogP) is 1.49. The van der Waals surface area contributed by atoms with Crippen LogP contribution in [0.4, 0.5) is 5.82 Å². The number of amidine groups is 1. The Bertz CT molecular complexity index is 550. The monoisotopic (exact) mass is 298 g/mol. The maximum absolute atomic E-state index is 11.1. The number of hydrogen-bond acceptors (Lipinski definition) is 5. The Morgan fingerprint density at radius 3 is 2.90 bits per heavy atom. The molecule has 1 aliphatic rings. The van der Waals surface area contributed by atoms with Gasteiger partial charge in [-0.3, -0.25) is 4.79 Å². The average molecular weight is 299 g/mol. The maximum atomic E-state index is 11.1. The molecule has 1 aliphatic carbocycles. The van der Waals surface area contributed by atoms with Crippen LogP contribution in [-0.4, -0.2) is 33.1 Å². The first-order chi connectivity index (χ1) is 9.52. The molecule has 7 nitrogen and oxygen atoms in total. The molecule has 1 aromatic heterocycles. The zero-order chi connectivity index (χ0) is 14.7. The average Bonchev–Trinajstić information content (AvgIpc) is 2.88. The van der Waals surface area contributed by atoms with Gasteiger partial charge in [-0.1, -0.05) is 23.2 Å². The van der Waals surface area contributed by atoms with Crippen LogP contribution >= 0.6 is 11.6 Å². The highest BCUT2D eigenvalue weighted by Gasteiger charge is 2.33. The molecule has 0 aliphatic heterocycles. The smallest absolute Gasteiger partial charge is 0.308 e. The van der Waals surface area contributed by atoms with Crippen molar-refractivity contribution in [1.29, 1.82) is 0 Å². The molecule has 1 heterocycles. The van der Waals surface area contributed by atoms with Gasteiger partial charge in [0.25, 0.3) is 0 Å². The molecule has 0 bridgehead atoms. The van der Waals surface area contributed by atoms with Gasteiger partial charge in [-0.15, -0.1) is 0 Å². The standard InChI is InChI=1S/C12H15ClN4O3/c13-8-4-6(10(14)17-20)5-15-11(8)16-9-3-1-2-7(9)12(18)19/h4-5,7,9,20H,1-3H2,(H2,14,17)(H,15,16)(H,18,19). The van der Waals surface area contributed by atoms with Crippen LogP contribution in [0.3, 0.4) is 0 Å². The molecule has 1 aromatic rings. The molecule has 5 N–H and O–H groups in total. The number of carboxylic acids is 1. The lowest BCUT2D eigenvalue weighted by Gasteiger charge is -2.19. The number of aromatic nitrogens is 1. The van der Waals surface area contributed by atoms with E-state index in [-0.39, 0.29) is 11.9 Å². The molecular formula is C12H15ClN4O3. The summed E-state index contributed by atoms with van der Waals surface area (Å²) in [4.78, 5) is 15.2. The van der Waals surface area contributed by atoms with Crippen LogP contribution in [0.5, 0.6) is 0 Å². The first-order valence-corrected chi connectivity index (χ1v) is 6.53. The van der Waals surface area contributed by atoms with Crippen molar-refractivity contribution in [2.24, 2.45) is 16.8 Å². The van der Waals surface area contributed by atoms with Gasteiger partial charge in [-0.2, -0.15) is 0 Å². The summed E-state index contributed by atoms with van der Waals surface area (Å²) >= 11 is 6.07. The minimum Gasteiger partial charge on any atom is -0.481 e. The Hall–Kier alpha value is -2.02. The van der Waals surface area contributed by atoms with E-state index >= 15 is 0 Å². The fourth-order valence-electron chi connectivity index (χ4n) is 2.35. The molecule has 0 amide bonds. The minimum absolute atomic E-state index is 0.0878. The molecule has 1 saturated carbocycles. The van der Waals surface area contributed by atoms with Gasteiger partial charge in [-0.05, 0) is 18.9 Å². The number of anilines is 1. The molecule has 2 atom stereocenters. The molecule has 2 rings (SSSR count). The van der Waals surface area contributed by atoms with Crippen LogP contribution in [-0.2, 0) is 4.79 Å². The summed E-state index contributed by atoms with van der Waals surface area (Å²) in [6.07, 6.45) is 3.67. The van der Waals surface area contributed by atoms with Crippen LogP contribution in [0, 0.1) is 5.92 Å². The highest BCUT2D eigenvalue weighted by atomic mass is 35.5. The van der Waals surface area contributed by atoms with Crippen LogP contribution in [0.2, 0.25) is 5.02 Å². The van der Waals surface area contributed by atoms with Crippen molar-refractivity contribution in [1.82, 2.24) is 4.98 Å². The Morgan fingerprint density at radius 2 is 2.30 bits per heavy atom. The van der Waals surface area contributed by atoms with E-state index in [0.717, 1.165) is 12.8 Å². The number of rotatable bonds is 4. The summed E-state index contributed by atoms with van der Waals surface area (Å²) in [6.45, 7) is 0. The van der Waals surface area contributed by atoms with Crippen LogP contribution in [0.15, 0.2) is 17.4 Å². The van der Waals surface area contributed by atoms with Crippen molar-refractivity contribution in [3.63, 3.8) is 0 Å². The number of hydrogen-bond donors (Lipinski definition) is 4. The zero-order valence-corrected chi connectivity index (χ0v) is 11.3. The van der Waals surface area contributed by atoms with E-state index in [1.807, 2.05) is 0 Å². The number of carbonyl (C=O) groups is 1. The first-order valence-electron chi connectivity index (χ1n) is 6.15. The van der Waals surface area contributed by atoms with Gasteiger partial charge in [0.2, 0.25) is 0 Å². The number of pyridine rings is 1. The first kappa shape index (κ1) is 14.4. The van der Waals surface area contributed by atoms with Crippen molar-refractivity contribution >= 4 is 29.2 Å². The number of nitrogens with two attached hydrogens (primary N) is 1. The second kappa shape index (κ2) is 5.96. The largest absolute Gasteiger partial charge is 0.481 e. The number of oxime groups is 1. The lowest BCUT2D eigenvalue weighted by molar-refractivity contribution is -0.141. The van der Waals surface area contributed by atoms with Gasteiger partial charge >= 0.3 is 5.97 Å². The van der Waals surface area contributed by atoms with Crippen LogP contribution in [0.25, 0.3) is 0 Å². The van der Waals surface area contributed by atoms with Crippen molar-refractivity contribution in [2.75, 3.05) is 5.32 Å². The predicted molar refractivity (Wildman–Crippen MR) is 74.1 cm³/mol. The summed E-state index contributed by atoms with van der Waals surface area (Å²) < 4.78 is 0. The van der Waals surface area contributed by atoms with Gasteiger partial charge < -0.3 is 21.4 Å². The Balaban J connectivity index is 2.16. The number of aliphatic carboxylic acids is 1. The highest BCUT2D eigenvalue weighted by molar-refractivity contribution is 6.33. The van der Waals surface area contributed by atoms with E-state index in [2.05, 4.69) is 15.5 Å². The SMILES string of the molecule is N/C(=N/O)c1cnc(NC2CCCC2C(=O)O)c(Cl)c1. The van der Waals surface area contributed by atoms with E-state index in [9.17, 15) is 4.79 Å². The number of nitrogens with zero attached hydrogens (tertiary/aromatic N) is 2. The van der Waals surface area contributed by atoms with Gasteiger partial charge in [0, 0.05) is 17.8 Å². The fourth-order valence-corrected chi connectivity index (χ4v) is 2.57. The summed E-state index contributed by atoms with van der Waals surface area (Å²) in [5.41, 5.74) is 5.83. The summed E-state index contributed by atoms with van der Waals surface area (Å²) in [6, 6.07) is 1.32. The van der Waals surface area contributed by atoms with Crippen molar-refractivity contribution in [3.8, 4) is 0 Å². The third-order valence-electron chi connectivity index (χ3n) is 3.40. The van der Waals surface area contributed by atoms with Crippen molar-refractivity contribution < 1.29 is 15.1 Å². The van der Waals surface area contributed by atoms with Gasteiger partial charge in [-0.25, -0.2) is 4.98 Å². The number of nitrogens with one attached hydrogen (secondary N) is 1. The van der Waals surface area contributed by atoms with Crippen molar-refractivity contribution in [2.45, 2.75) is 25.3 Å². The van der Waals surface area contributed by atoms with E-state index in [4.69, 9.17) is 27.6 Å². The molecule has 20 heavy (non-hydrogen) atoms. The fraction of sp³-hybridized carbons (Fsp3) is 0.417. The minimum atomic E-state index is -0.815. The normalized spacial score (nSPS) is 22.8. The quantitative estimate of drug-likeness (QED) is 0.289. The summed E-state index contributed by atoms with van der Waals surface area (Å²) in [7, 11) is 0. The molecule has 0 spiro atoms. The maximum Gasteiger partial charge on any atom is 0.308 e. The molecule has 0 saturated heterocycles. The number of carboxylic acid groups (broad SMARTS) is 1. The number of halogens is 1. The van der Waals surface area contributed by atoms with Gasteiger partial charge in [0.1, 0.15) is 5.82 Å². The zero-order valence-electron chi connectivity index (χ0n) is 10.6. The Morgan fingerprint density at radius 1 is 1.55 bits per heavy atom. The van der Waals surface area contributed by atoms with E-state index in [0.29, 0.717) is 22.8 Å². The molecule has 0 aromatic carbocycles. The molecule has 0 radical (unpaired) electrons. The van der Waals surface area contributed by atoms with E-state index in [1.54, 1.807) is 0 Å². The second-order valence-electron chi connectivity index (χ2n) is 4.67. The Kier molecular flexibility index (Phi) is 4.29. The summed E-state index contributed by atoms with van der Waals surface area (Å²) in [5, 5.41) is 23.9. The molecule has 108 valence electrons. The Labute approximate surface area is 120 Å². The topological polar surface area (TPSA) is 121 Å². The van der Waals surface area contributed by atoms with Crippen LogP contribution in [0.1, 0.15) is 24.8 Å². The molecule has 1 fully saturated rings. The molecule has 8 heteroatoms. The van der Waals surface area contributed by atoms with E-state index in [1.165, 1.54) is 12.3 Å². The lowest BCUT2D eigenvalue weighted by Crippen LogP contribution is -2.30. The van der Waals surface area contributed by atoms with Crippen LogP contribution < -0.4 is 11.1 Å². The van der Waals surface area contributed by atoms with Gasteiger partial charge in [0.05, 0.1) is 10.9 Å². The summed E-state index contributed by atoms with van der Waals surface area (Å²) in [5.74, 6) is -0.935. The van der Waals surface area contributed by atoms with Crippen molar-refractivity contribution in [3.05, 3.63) is 22.8 Å². The van der Waals surface area contributed by atoms with E-state index < -0.39 is 11.9 Å². The third-order valence-corrected chi connectivity index (χ3v) is 3.69. The molecule has 2 unspecified atom stereocenters. The lowest BCUT2D eigenvalue weighted by atomic mass is 10.0. The third kappa shape index (κ3) is 2.93. The second-order valence-corrected chi connectivity index (χ2v) is 5.07. The highest BCUT2D eigenvalue weighted by Crippen LogP contribution is 2.30. The molecular weight excluding hydrogens is 284 g/mol. The van der Waals surface area contributed by atoms with Gasteiger partial charge in [0.15, 0.2) is 5.84 Å².